The molecule has 0 bridgehead atoms. The number of aliphatic carboxylic acids is 1. The van der Waals surface area contributed by atoms with E-state index in [2.05, 4.69) is 5.92 Å². The molecule has 0 aliphatic rings. The summed E-state index contributed by atoms with van der Waals surface area (Å²) in [7, 11) is 0. The fourth-order valence-electron chi connectivity index (χ4n) is 1.42. The summed E-state index contributed by atoms with van der Waals surface area (Å²) in [5.74, 6) is -0.221. The van der Waals surface area contributed by atoms with E-state index in [0.29, 0.717) is 0 Å². The smallest absolute Gasteiger partial charge is 0.323 e. The van der Waals surface area contributed by atoms with Gasteiger partial charge in [-0.15, -0.1) is 6.42 Å². The highest BCUT2D eigenvalue weighted by molar-refractivity contribution is 6.32. The molecule has 1 rings (SSSR count). The normalized spacial score (nSPS) is 10.2. The van der Waals surface area contributed by atoms with Crippen LogP contribution in [0.5, 0.6) is 0 Å². The van der Waals surface area contributed by atoms with Crippen LogP contribution in [0.2, 0.25) is 5.02 Å². The van der Waals surface area contributed by atoms with Crippen LogP contribution in [0.25, 0.3) is 6.08 Å². The summed E-state index contributed by atoms with van der Waals surface area (Å²) in [6.45, 7) is -0.682. The van der Waals surface area contributed by atoms with E-state index in [1.54, 1.807) is 0 Å². The fraction of sp³-hybridized carbons (Fsp3) is 0.143. The number of nitrogens with zero attached hydrogens (tertiary/aromatic N) is 1. The molecule has 0 aliphatic carbocycles. The molecule has 0 saturated heterocycles. The zero-order valence-electron chi connectivity index (χ0n) is 10.3. The Morgan fingerprint density at radius 1 is 1.50 bits per heavy atom. The van der Waals surface area contributed by atoms with Gasteiger partial charge in [-0.3, -0.25) is 9.59 Å². The van der Waals surface area contributed by atoms with E-state index in [1.165, 1.54) is 24.3 Å². The van der Waals surface area contributed by atoms with Gasteiger partial charge < -0.3 is 10.0 Å². The van der Waals surface area contributed by atoms with Crippen molar-refractivity contribution in [2.75, 3.05) is 13.1 Å². The van der Waals surface area contributed by atoms with Crippen LogP contribution in [-0.2, 0) is 9.59 Å². The van der Waals surface area contributed by atoms with Gasteiger partial charge in [0.15, 0.2) is 0 Å². The lowest BCUT2D eigenvalue weighted by molar-refractivity contribution is -0.142. The number of hydrogen-bond donors (Lipinski definition) is 1. The number of carboxylic acid groups (broad SMARTS) is 1. The van der Waals surface area contributed by atoms with Crippen LogP contribution >= 0.6 is 11.6 Å². The summed E-state index contributed by atoms with van der Waals surface area (Å²) in [5.41, 5.74) is 0.0542. The Labute approximate surface area is 120 Å². The highest BCUT2D eigenvalue weighted by Crippen LogP contribution is 2.20. The molecule has 0 atom stereocenters. The maximum absolute atomic E-state index is 13.5. The van der Waals surface area contributed by atoms with Crippen LogP contribution in [0.15, 0.2) is 24.3 Å². The maximum Gasteiger partial charge on any atom is 0.323 e. The molecule has 104 valence electrons. The Balaban J connectivity index is 2.90. The molecule has 0 saturated carbocycles. The summed E-state index contributed by atoms with van der Waals surface area (Å²) >= 11 is 5.80. The molecule has 0 unspecified atom stereocenters. The number of rotatable bonds is 5. The van der Waals surface area contributed by atoms with Crippen molar-refractivity contribution in [2.45, 2.75) is 0 Å². The molecular weight excluding hydrogens is 285 g/mol. The van der Waals surface area contributed by atoms with Gasteiger partial charge in [-0.05, 0) is 18.2 Å². The van der Waals surface area contributed by atoms with Crippen molar-refractivity contribution in [1.29, 1.82) is 0 Å². The highest BCUT2D eigenvalue weighted by Gasteiger charge is 2.13. The lowest BCUT2D eigenvalue weighted by Crippen LogP contribution is -2.34. The molecule has 1 aromatic rings. The minimum atomic E-state index is -1.19. The second-order valence-corrected chi connectivity index (χ2v) is 4.17. The Morgan fingerprint density at radius 3 is 2.75 bits per heavy atom. The molecule has 20 heavy (non-hydrogen) atoms. The molecule has 0 aromatic heterocycles. The van der Waals surface area contributed by atoms with E-state index in [9.17, 15) is 14.0 Å². The van der Waals surface area contributed by atoms with E-state index in [-0.39, 0.29) is 17.1 Å². The third kappa shape index (κ3) is 4.41. The fourth-order valence-corrected chi connectivity index (χ4v) is 1.64. The summed E-state index contributed by atoms with van der Waals surface area (Å²) < 4.78 is 13.5. The second-order valence-electron chi connectivity index (χ2n) is 3.76. The van der Waals surface area contributed by atoms with Crippen molar-refractivity contribution in [3.63, 3.8) is 0 Å². The van der Waals surface area contributed by atoms with Crippen LogP contribution in [0.3, 0.4) is 0 Å². The third-order valence-electron chi connectivity index (χ3n) is 2.31. The number of carbonyl (C=O) groups excluding carboxylic acids is 1. The Kier molecular flexibility index (Phi) is 5.75. The van der Waals surface area contributed by atoms with Crippen LogP contribution < -0.4 is 0 Å². The Hall–Kier alpha value is -2.32. The molecular formula is C14H11ClFNO3. The van der Waals surface area contributed by atoms with Gasteiger partial charge in [0.2, 0.25) is 5.91 Å². The number of carbonyl (C=O) groups is 2. The number of halogens is 2. The first-order valence-corrected chi connectivity index (χ1v) is 5.89. The van der Waals surface area contributed by atoms with Crippen molar-refractivity contribution >= 4 is 29.6 Å². The molecule has 0 aliphatic heterocycles. The summed E-state index contributed by atoms with van der Waals surface area (Å²) in [5, 5.41) is 8.81. The largest absolute Gasteiger partial charge is 0.480 e. The topological polar surface area (TPSA) is 57.6 Å². The number of amides is 1. The van der Waals surface area contributed by atoms with Crippen molar-refractivity contribution < 1.29 is 19.1 Å². The van der Waals surface area contributed by atoms with Crippen LogP contribution in [-0.4, -0.2) is 35.0 Å². The lowest BCUT2D eigenvalue weighted by Gasteiger charge is -2.15. The van der Waals surface area contributed by atoms with Crippen molar-refractivity contribution in [3.05, 3.63) is 40.7 Å². The summed E-state index contributed by atoms with van der Waals surface area (Å²) in [6, 6.07) is 4.11. The molecule has 1 aromatic carbocycles. The quantitative estimate of drug-likeness (QED) is 0.668. The first-order chi connectivity index (χ1) is 9.45. The minimum Gasteiger partial charge on any atom is -0.480 e. The van der Waals surface area contributed by atoms with Gasteiger partial charge in [0, 0.05) is 11.6 Å². The maximum atomic E-state index is 13.5. The van der Waals surface area contributed by atoms with Gasteiger partial charge in [0.1, 0.15) is 12.4 Å². The van der Waals surface area contributed by atoms with Crippen LogP contribution in [0, 0.1) is 18.2 Å². The summed E-state index contributed by atoms with van der Waals surface area (Å²) in [6.07, 6.45) is 7.27. The third-order valence-corrected chi connectivity index (χ3v) is 2.64. The molecule has 1 amide bonds. The van der Waals surface area contributed by atoms with E-state index < -0.39 is 24.2 Å². The average molecular weight is 296 g/mol. The van der Waals surface area contributed by atoms with Gasteiger partial charge in [-0.2, -0.15) is 0 Å². The zero-order valence-corrected chi connectivity index (χ0v) is 11.1. The van der Waals surface area contributed by atoms with Crippen LogP contribution in [0.4, 0.5) is 4.39 Å². The van der Waals surface area contributed by atoms with E-state index in [4.69, 9.17) is 23.1 Å². The van der Waals surface area contributed by atoms with E-state index in [0.717, 1.165) is 11.0 Å². The number of hydrogen-bond acceptors (Lipinski definition) is 2. The zero-order chi connectivity index (χ0) is 15.1. The Morgan fingerprint density at radius 2 is 2.20 bits per heavy atom. The second kappa shape index (κ2) is 7.31. The van der Waals surface area contributed by atoms with E-state index >= 15 is 0 Å². The molecule has 0 fully saturated rings. The van der Waals surface area contributed by atoms with Gasteiger partial charge in [0.05, 0.1) is 11.6 Å². The monoisotopic (exact) mass is 295 g/mol. The number of carboxylic acids is 1. The van der Waals surface area contributed by atoms with Crippen molar-refractivity contribution in [1.82, 2.24) is 4.90 Å². The predicted octanol–water partition coefficient (Wildman–Crippen LogP) is 2.04. The lowest BCUT2D eigenvalue weighted by atomic mass is 10.2. The molecule has 4 nitrogen and oxygen atoms in total. The van der Waals surface area contributed by atoms with Gasteiger partial charge in [0.25, 0.3) is 0 Å². The molecule has 1 N–H and O–H groups in total. The molecule has 6 heteroatoms. The van der Waals surface area contributed by atoms with Gasteiger partial charge >= 0.3 is 5.97 Å². The Bertz CT molecular complexity index is 572. The number of benzene rings is 1. The standard InChI is InChI=1S/C14H11ClFNO3/c1-2-8-17(9-14(19)20)13(18)7-6-10-11(15)4-3-5-12(10)16/h1,3-7H,8-9H2,(H,19,20). The van der Waals surface area contributed by atoms with E-state index in [1.807, 2.05) is 0 Å². The molecule has 0 radical (unpaired) electrons. The van der Waals surface area contributed by atoms with Crippen molar-refractivity contribution in [3.8, 4) is 12.3 Å². The van der Waals surface area contributed by atoms with Crippen molar-refractivity contribution in [2.24, 2.45) is 0 Å². The molecule has 0 heterocycles. The first kappa shape index (κ1) is 15.7. The minimum absolute atomic E-state index is 0.0542. The average Bonchev–Trinajstić information content (AvgIpc) is 2.37. The van der Waals surface area contributed by atoms with Gasteiger partial charge in [-0.25, -0.2) is 4.39 Å². The number of terminal acetylenes is 1. The SMILES string of the molecule is C#CCN(CC(=O)O)C(=O)C=Cc1c(F)cccc1Cl. The first-order valence-electron chi connectivity index (χ1n) is 5.52. The highest BCUT2D eigenvalue weighted by atomic mass is 35.5. The van der Waals surface area contributed by atoms with Gasteiger partial charge in [-0.1, -0.05) is 23.6 Å². The molecule has 0 spiro atoms. The predicted molar refractivity (Wildman–Crippen MR) is 73.5 cm³/mol. The summed E-state index contributed by atoms with van der Waals surface area (Å²) in [4.78, 5) is 23.3. The van der Waals surface area contributed by atoms with Crippen LogP contribution in [0.1, 0.15) is 5.56 Å².